The minimum atomic E-state index is -4.64. The van der Waals surface area contributed by atoms with Crippen molar-refractivity contribution in [2.24, 2.45) is 0 Å². The van der Waals surface area contributed by atoms with Crippen LogP contribution in [0.5, 0.6) is 0 Å². The largest absolute Gasteiger partial charge is 0.469 e. The molecule has 1 aliphatic rings. The highest BCUT2D eigenvalue weighted by Crippen LogP contribution is 2.36. The molecule has 1 unspecified atom stereocenters. The van der Waals surface area contributed by atoms with Gasteiger partial charge in [-0.2, -0.15) is 0 Å². The van der Waals surface area contributed by atoms with Crippen molar-refractivity contribution in [2.45, 2.75) is 24.6 Å². The van der Waals surface area contributed by atoms with Crippen LogP contribution in [-0.2, 0) is 13.8 Å². The first-order chi connectivity index (χ1) is 8.81. The highest BCUT2D eigenvalue weighted by atomic mass is 31.2. The van der Waals surface area contributed by atoms with Gasteiger partial charge >= 0.3 is 7.82 Å². The first kappa shape index (κ1) is 16.2. The van der Waals surface area contributed by atoms with Gasteiger partial charge in [-0.1, -0.05) is 0 Å². The SMILES string of the molecule is O=P(O)(O)OC[C@H]1OC(O)[C@H](O)[C@@H]1O.c1c[nH]cn1. The second kappa shape index (κ2) is 7.08. The van der Waals surface area contributed by atoms with Gasteiger partial charge in [-0.15, -0.1) is 0 Å². The average Bonchev–Trinajstić information content (AvgIpc) is 2.95. The second-order valence-electron chi connectivity index (χ2n) is 3.59. The van der Waals surface area contributed by atoms with Gasteiger partial charge in [0.2, 0.25) is 0 Å². The number of H-pyrrole nitrogens is 1. The lowest BCUT2D eigenvalue weighted by Gasteiger charge is -2.14. The Morgan fingerprint density at radius 3 is 2.32 bits per heavy atom. The van der Waals surface area contributed by atoms with Crippen LogP contribution >= 0.6 is 7.82 Å². The third-order valence-electron chi connectivity index (χ3n) is 2.15. The van der Waals surface area contributed by atoms with E-state index in [4.69, 9.17) is 25.1 Å². The minimum absolute atomic E-state index is 0.612. The molecule has 6 N–H and O–H groups in total. The molecule has 2 heterocycles. The number of phosphoric acid groups is 1. The summed E-state index contributed by atoms with van der Waals surface area (Å²) >= 11 is 0. The predicted octanol–water partition coefficient (Wildman–Crippen LogP) is -2.06. The molecule has 0 amide bonds. The summed E-state index contributed by atoms with van der Waals surface area (Å²) in [6.45, 7) is -0.612. The molecule has 1 aromatic heterocycles. The van der Waals surface area contributed by atoms with E-state index < -0.39 is 39.0 Å². The summed E-state index contributed by atoms with van der Waals surface area (Å²) in [4.78, 5) is 23.1. The van der Waals surface area contributed by atoms with E-state index >= 15 is 0 Å². The van der Waals surface area contributed by atoms with E-state index in [1.165, 1.54) is 0 Å². The number of phosphoric ester groups is 1. The number of hydrogen-bond acceptors (Lipinski definition) is 7. The fourth-order valence-corrected chi connectivity index (χ4v) is 1.59. The smallest absolute Gasteiger partial charge is 0.387 e. The molecule has 1 saturated heterocycles. The average molecular weight is 298 g/mol. The topological polar surface area (TPSA) is 165 Å². The zero-order valence-corrected chi connectivity index (χ0v) is 10.5. The third-order valence-corrected chi connectivity index (χ3v) is 2.64. The van der Waals surface area contributed by atoms with Crippen molar-refractivity contribution in [3.05, 3.63) is 18.7 Å². The van der Waals surface area contributed by atoms with Crippen molar-refractivity contribution in [1.29, 1.82) is 0 Å². The van der Waals surface area contributed by atoms with Crippen LogP contribution in [0.2, 0.25) is 0 Å². The van der Waals surface area contributed by atoms with Crippen molar-refractivity contribution in [3.8, 4) is 0 Å². The number of imidazole rings is 1. The Hall–Kier alpha value is -0.840. The number of aromatic amines is 1. The van der Waals surface area contributed by atoms with Crippen LogP contribution in [0.3, 0.4) is 0 Å². The van der Waals surface area contributed by atoms with Crippen LogP contribution in [0.15, 0.2) is 18.7 Å². The standard InChI is InChI=1S/C5H11O8P.C3H4N2/c6-3-2(1-12-14(9,10)11)13-5(8)4(3)7;1-2-5-3-4-1/h2-8H,1H2,(H2,9,10,11);1-3H,(H,4,5)/t2-,3-,4-,5?;/m1./s1. The molecule has 19 heavy (non-hydrogen) atoms. The van der Waals surface area contributed by atoms with Crippen molar-refractivity contribution in [1.82, 2.24) is 9.97 Å². The summed E-state index contributed by atoms with van der Waals surface area (Å²) in [5.41, 5.74) is 0. The Kier molecular flexibility index (Phi) is 6.04. The van der Waals surface area contributed by atoms with E-state index in [0.29, 0.717) is 0 Å². The molecule has 0 aromatic carbocycles. The van der Waals surface area contributed by atoms with Gasteiger partial charge in [0.1, 0.15) is 18.3 Å². The number of hydrogen-bond donors (Lipinski definition) is 6. The Morgan fingerprint density at radius 2 is 2.00 bits per heavy atom. The number of rotatable bonds is 3. The molecule has 1 aromatic rings. The molecule has 2 rings (SSSR count). The van der Waals surface area contributed by atoms with Crippen molar-refractivity contribution < 1.29 is 38.9 Å². The molecule has 0 bridgehead atoms. The lowest BCUT2D eigenvalue weighted by molar-refractivity contribution is -0.132. The van der Waals surface area contributed by atoms with Gasteiger partial charge < -0.3 is 34.8 Å². The molecule has 110 valence electrons. The van der Waals surface area contributed by atoms with E-state index in [0.717, 1.165) is 0 Å². The van der Waals surface area contributed by atoms with E-state index in [9.17, 15) is 4.57 Å². The number of ether oxygens (including phenoxy) is 1. The second-order valence-corrected chi connectivity index (χ2v) is 4.83. The zero-order valence-electron chi connectivity index (χ0n) is 9.60. The molecule has 0 aliphatic carbocycles. The Balaban J connectivity index is 0.000000300. The molecule has 4 atom stereocenters. The first-order valence-corrected chi connectivity index (χ1v) is 6.67. The van der Waals surface area contributed by atoms with Gasteiger partial charge in [-0.05, 0) is 0 Å². The van der Waals surface area contributed by atoms with E-state index in [2.05, 4.69) is 19.2 Å². The van der Waals surface area contributed by atoms with Gasteiger partial charge in [0.15, 0.2) is 6.29 Å². The van der Waals surface area contributed by atoms with Crippen LogP contribution < -0.4 is 0 Å². The summed E-state index contributed by atoms with van der Waals surface area (Å²) in [6, 6.07) is 0. The molecule has 10 nitrogen and oxygen atoms in total. The van der Waals surface area contributed by atoms with Gasteiger partial charge in [-0.3, -0.25) is 4.52 Å². The summed E-state index contributed by atoms with van der Waals surface area (Å²) in [5.74, 6) is 0. The van der Waals surface area contributed by atoms with E-state index in [1.807, 2.05) is 0 Å². The lowest BCUT2D eigenvalue weighted by atomic mass is 10.1. The van der Waals surface area contributed by atoms with Crippen LogP contribution in [0, 0.1) is 0 Å². The Bertz CT molecular complexity index is 378. The van der Waals surface area contributed by atoms with Crippen LogP contribution in [0.4, 0.5) is 0 Å². The van der Waals surface area contributed by atoms with E-state index in [1.54, 1.807) is 18.7 Å². The minimum Gasteiger partial charge on any atom is -0.387 e. The zero-order chi connectivity index (χ0) is 14.5. The van der Waals surface area contributed by atoms with Gasteiger partial charge in [-0.25, -0.2) is 9.55 Å². The van der Waals surface area contributed by atoms with Crippen LogP contribution in [-0.4, -0.2) is 66.3 Å². The lowest BCUT2D eigenvalue weighted by Crippen LogP contribution is -2.34. The molecular weight excluding hydrogens is 283 g/mol. The van der Waals surface area contributed by atoms with E-state index in [-0.39, 0.29) is 0 Å². The number of nitrogens with zero attached hydrogens (tertiary/aromatic N) is 1. The highest BCUT2D eigenvalue weighted by molar-refractivity contribution is 7.46. The number of aliphatic hydroxyl groups excluding tert-OH is 3. The van der Waals surface area contributed by atoms with Gasteiger partial charge in [0.05, 0.1) is 12.9 Å². The quantitative estimate of drug-likeness (QED) is 0.344. The predicted molar refractivity (Wildman–Crippen MR) is 59.5 cm³/mol. The van der Waals surface area contributed by atoms with Crippen molar-refractivity contribution in [2.75, 3.05) is 6.61 Å². The highest BCUT2D eigenvalue weighted by Gasteiger charge is 2.42. The summed E-state index contributed by atoms with van der Waals surface area (Å²) in [5, 5.41) is 27.0. The molecule has 1 aliphatic heterocycles. The van der Waals surface area contributed by atoms with Gasteiger partial charge in [0, 0.05) is 12.4 Å². The summed E-state index contributed by atoms with van der Waals surface area (Å²) < 4.78 is 18.9. The molecule has 0 radical (unpaired) electrons. The molecule has 1 fully saturated rings. The molecular formula is C8H15N2O8P. The summed E-state index contributed by atoms with van der Waals surface area (Å²) in [7, 11) is -4.64. The Labute approximate surface area is 107 Å². The molecule has 0 spiro atoms. The molecule has 0 saturated carbocycles. The van der Waals surface area contributed by atoms with Crippen molar-refractivity contribution in [3.63, 3.8) is 0 Å². The van der Waals surface area contributed by atoms with Gasteiger partial charge in [0.25, 0.3) is 0 Å². The fourth-order valence-electron chi connectivity index (χ4n) is 1.25. The van der Waals surface area contributed by atoms with Crippen LogP contribution in [0.25, 0.3) is 0 Å². The maximum atomic E-state index is 10.3. The monoisotopic (exact) mass is 298 g/mol. The van der Waals surface area contributed by atoms with Crippen molar-refractivity contribution >= 4 is 7.82 Å². The number of nitrogens with one attached hydrogen (secondary N) is 1. The maximum Gasteiger partial charge on any atom is 0.469 e. The fraction of sp³-hybridized carbons (Fsp3) is 0.625. The Morgan fingerprint density at radius 1 is 1.32 bits per heavy atom. The normalized spacial score (nSPS) is 30.8. The first-order valence-electron chi connectivity index (χ1n) is 5.14. The third kappa shape index (κ3) is 5.76. The number of aromatic nitrogens is 2. The number of aliphatic hydroxyl groups is 3. The molecule has 11 heteroatoms. The maximum absolute atomic E-state index is 10.3. The summed E-state index contributed by atoms with van der Waals surface area (Å²) in [6.07, 6.45) is -0.583. The van der Waals surface area contributed by atoms with Crippen LogP contribution in [0.1, 0.15) is 0 Å².